The number of rotatable bonds is 4. The summed E-state index contributed by atoms with van der Waals surface area (Å²) in [6.45, 7) is 0. The van der Waals surface area contributed by atoms with Gasteiger partial charge in [0.05, 0.1) is 6.07 Å². The molecule has 1 aromatic carbocycles. The highest BCUT2D eigenvalue weighted by Crippen LogP contribution is 2.39. The van der Waals surface area contributed by atoms with Gasteiger partial charge in [0.25, 0.3) is 5.91 Å². The number of hydrogen-bond acceptors (Lipinski definition) is 5. The Bertz CT molecular complexity index is 781. The average Bonchev–Trinajstić information content (AvgIpc) is 3.48. The van der Waals surface area contributed by atoms with Gasteiger partial charge in [0.15, 0.2) is 0 Å². The highest BCUT2D eigenvalue weighted by Gasteiger charge is 2.44. The highest BCUT2D eigenvalue weighted by molar-refractivity contribution is 5.96. The van der Waals surface area contributed by atoms with Crippen LogP contribution in [0.5, 0.6) is 0 Å². The fourth-order valence-electron chi connectivity index (χ4n) is 2.33. The van der Waals surface area contributed by atoms with Crippen molar-refractivity contribution in [2.45, 2.75) is 37.1 Å². The van der Waals surface area contributed by atoms with Crippen LogP contribution >= 0.6 is 0 Å². The lowest BCUT2D eigenvalue weighted by molar-refractivity contribution is 0.0941. The molecule has 2 fully saturated rings. The SMILES string of the molecule is N#CC1(NC(=O)c2cccc(-c3noc(C4CC4)n3)c2)CC1. The van der Waals surface area contributed by atoms with Crippen LogP contribution in [0.3, 0.4) is 0 Å². The summed E-state index contributed by atoms with van der Waals surface area (Å²) < 4.78 is 5.25. The molecule has 1 heterocycles. The lowest BCUT2D eigenvalue weighted by Gasteiger charge is -2.09. The van der Waals surface area contributed by atoms with E-state index in [0.29, 0.717) is 36.0 Å². The maximum absolute atomic E-state index is 12.2. The van der Waals surface area contributed by atoms with Gasteiger partial charge in [-0.2, -0.15) is 10.2 Å². The number of carbonyl (C=O) groups is 1. The van der Waals surface area contributed by atoms with Crippen LogP contribution in [-0.4, -0.2) is 21.6 Å². The zero-order chi connectivity index (χ0) is 15.2. The van der Waals surface area contributed by atoms with Crippen molar-refractivity contribution in [3.8, 4) is 17.5 Å². The van der Waals surface area contributed by atoms with Gasteiger partial charge in [-0.1, -0.05) is 17.3 Å². The van der Waals surface area contributed by atoms with Crippen molar-refractivity contribution in [2.24, 2.45) is 0 Å². The average molecular weight is 294 g/mol. The quantitative estimate of drug-likeness (QED) is 0.934. The lowest BCUT2D eigenvalue weighted by atomic mass is 10.1. The second-order valence-corrected chi connectivity index (χ2v) is 5.96. The van der Waals surface area contributed by atoms with Crippen LogP contribution in [0.2, 0.25) is 0 Å². The molecule has 110 valence electrons. The highest BCUT2D eigenvalue weighted by atomic mass is 16.5. The monoisotopic (exact) mass is 294 g/mol. The first kappa shape index (κ1) is 13.0. The molecule has 2 aliphatic rings. The van der Waals surface area contributed by atoms with Crippen LogP contribution in [0.1, 0.15) is 47.8 Å². The molecular formula is C16H14N4O2. The molecule has 0 saturated heterocycles. The Morgan fingerprint density at radius 2 is 2.23 bits per heavy atom. The third kappa shape index (κ3) is 2.35. The Hall–Kier alpha value is -2.68. The molecule has 2 saturated carbocycles. The predicted molar refractivity (Wildman–Crippen MR) is 76.8 cm³/mol. The van der Waals surface area contributed by atoms with Crippen LogP contribution in [0.15, 0.2) is 28.8 Å². The summed E-state index contributed by atoms with van der Waals surface area (Å²) in [4.78, 5) is 16.6. The zero-order valence-corrected chi connectivity index (χ0v) is 11.9. The number of aromatic nitrogens is 2. The first-order chi connectivity index (χ1) is 10.7. The molecule has 6 nitrogen and oxygen atoms in total. The van der Waals surface area contributed by atoms with E-state index in [1.165, 1.54) is 0 Å². The van der Waals surface area contributed by atoms with Crippen molar-refractivity contribution in [1.82, 2.24) is 15.5 Å². The number of hydrogen-bond donors (Lipinski definition) is 1. The smallest absolute Gasteiger partial charge is 0.252 e. The Kier molecular flexibility index (Phi) is 2.76. The first-order valence-corrected chi connectivity index (χ1v) is 7.37. The molecule has 6 heteroatoms. The molecule has 0 atom stereocenters. The van der Waals surface area contributed by atoms with Crippen molar-refractivity contribution in [1.29, 1.82) is 5.26 Å². The molecule has 0 spiro atoms. The van der Waals surface area contributed by atoms with Crippen molar-refractivity contribution in [3.05, 3.63) is 35.7 Å². The van der Waals surface area contributed by atoms with E-state index < -0.39 is 5.54 Å². The number of nitrogens with zero attached hydrogens (tertiary/aromatic N) is 3. The Balaban J connectivity index is 1.57. The summed E-state index contributed by atoms with van der Waals surface area (Å²) in [7, 11) is 0. The summed E-state index contributed by atoms with van der Waals surface area (Å²) in [5, 5.41) is 15.8. The van der Waals surface area contributed by atoms with Gasteiger partial charge in [-0.05, 0) is 37.8 Å². The van der Waals surface area contributed by atoms with E-state index in [9.17, 15) is 4.79 Å². The van der Waals surface area contributed by atoms with E-state index in [0.717, 1.165) is 18.4 Å². The number of benzene rings is 1. The van der Waals surface area contributed by atoms with Crippen LogP contribution in [0.4, 0.5) is 0 Å². The van der Waals surface area contributed by atoms with Crippen molar-refractivity contribution in [2.75, 3.05) is 0 Å². The lowest BCUT2D eigenvalue weighted by Crippen LogP contribution is -2.35. The number of amides is 1. The second-order valence-electron chi connectivity index (χ2n) is 5.96. The third-order valence-electron chi connectivity index (χ3n) is 4.07. The summed E-state index contributed by atoms with van der Waals surface area (Å²) in [5.41, 5.74) is 0.570. The minimum Gasteiger partial charge on any atom is -0.339 e. The summed E-state index contributed by atoms with van der Waals surface area (Å²) in [6, 6.07) is 9.22. The Morgan fingerprint density at radius 3 is 2.91 bits per heavy atom. The molecular weight excluding hydrogens is 280 g/mol. The van der Waals surface area contributed by atoms with Gasteiger partial charge in [0, 0.05) is 17.0 Å². The first-order valence-electron chi connectivity index (χ1n) is 7.37. The minimum atomic E-state index is -0.668. The topological polar surface area (TPSA) is 91.8 Å². The molecule has 4 rings (SSSR count). The molecule has 1 aromatic heterocycles. The maximum Gasteiger partial charge on any atom is 0.252 e. The van der Waals surface area contributed by atoms with Crippen molar-refractivity contribution in [3.63, 3.8) is 0 Å². The number of nitrogens with one attached hydrogen (secondary N) is 1. The van der Waals surface area contributed by atoms with E-state index in [4.69, 9.17) is 9.78 Å². The van der Waals surface area contributed by atoms with Gasteiger partial charge in [-0.15, -0.1) is 0 Å². The predicted octanol–water partition coefficient (Wildman–Crippen LogP) is 2.40. The molecule has 0 radical (unpaired) electrons. The summed E-state index contributed by atoms with van der Waals surface area (Å²) in [5.74, 6) is 1.33. The maximum atomic E-state index is 12.2. The van der Waals surface area contributed by atoms with E-state index in [1.54, 1.807) is 18.2 Å². The van der Waals surface area contributed by atoms with Crippen LogP contribution < -0.4 is 5.32 Å². The largest absolute Gasteiger partial charge is 0.339 e. The zero-order valence-electron chi connectivity index (χ0n) is 11.9. The molecule has 2 aromatic rings. The van der Waals surface area contributed by atoms with Crippen molar-refractivity contribution >= 4 is 5.91 Å². The van der Waals surface area contributed by atoms with E-state index >= 15 is 0 Å². The summed E-state index contributed by atoms with van der Waals surface area (Å²) >= 11 is 0. The fourth-order valence-corrected chi connectivity index (χ4v) is 2.33. The molecule has 2 aliphatic carbocycles. The second kappa shape index (κ2) is 4.67. The van der Waals surface area contributed by atoms with Gasteiger partial charge in [-0.3, -0.25) is 4.79 Å². The van der Waals surface area contributed by atoms with Crippen LogP contribution in [0, 0.1) is 11.3 Å². The van der Waals surface area contributed by atoms with Gasteiger partial charge < -0.3 is 9.84 Å². The molecule has 0 unspecified atom stereocenters. The van der Waals surface area contributed by atoms with Crippen LogP contribution in [-0.2, 0) is 0 Å². The molecule has 0 bridgehead atoms. The molecule has 1 N–H and O–H groups in total. The van der Waals surface area contributed by atoms with Gasteiger partial charge >= 0.3 is 0 Å². The standard InChI is InChI=1S/C16H14N4O2/c17-9-16(6-7-16)19-14(21)12-3-1-2-11(8-12)13-18-15(22-20-13)10-4-5-10/h1-3,8,10H,4-7H2,(H,19,21). The molecule has 22 heavy (non-hydrogen) atoms. The van der Waals surface area contributed by atoms with Gasteiger partial charge in [-0.25, -0.2) is 0 Å². The normalized spacial score (nSPS) is 18.5. The van der Waals surface area contributed by atoms with E-state index in [1.807, 2.05) is 6.07 Å². The molecule has 0 aliphatic heterocycles. The van der Waals surface area contributed by atoms with E-state index in [-0.39, 0.29) is 5.91 Å². The Labute approximate surface area is 127 Å². The summed E-state index contributed by atoms with van der Waals surface area (Å²) in [6.07, 6.45) is 3.62. The van der Waals surface area contributed by atoms with Gasteiger partial charge in [0.1, 0.15) is 5.54 Å². The minimum absolute atomic E-state index is 0.244. The van der Waals surface area contributed by atoms with E-state index in [2.05, 4.69) is 21.5 Å². The third-order valence-corrected chi connectivity index (χ3v) is 4.07. The molecule has 1 amide bonds. The fraction of sp³-hybridized carbons (Fsp3) is 0.375. The number of nitriles is 1. The Morgan fingerprint density at radius 1 is 1.41 bits per heavy atom. The van der Waals surface area contributed by atoms with Crippen molar-refractivity contribution < 1.29 is 9.32 Å². The van der Waals surface area contributed by atoms with Gasteiger partial charge in [0.2, 0.25) is 11.7 Å². The van der Waals surface area contributed by atoms with Crippen LogP contribution in [0.25, 0.3) is 11.4 Å². The number of carbonyl (C=O) groups excluding carboxylic acids is 1.